The third kappa shape index (κ3) is 4.37. The van der Waals surface area contributed by atoms with Gasteiger partial charge >= 0.3 is 0 Å². The van der Waals surface area contributed by atoms with Crippen LogP contribution in [0.1, 0.15) is 27.2 Å². The van der Waals surface area contributed by atoms with Crippen LogP contribution < -0.4 is 5.32 Å². The summed E-state index contributed by atoms with van der Waals surface area (Å²) in [4.78, 5) is 2.14. The highest BCUT2D eigenvalue weighted by Gasteiger charge is 2.32. The van der Waals surface area contributed by atoms with Gasteiger partial charge in [0.1, 0.15) is 0 Å². The molecule has 0 bridgehead atoms. The number of rotatable bonds is 6. The molecule has 0 aliphatic carbocycles. The molecular weight excluding hydrogens is 204 g/mol. The van der Waals surface area contributed by atoms with Crippen molar-refractivity contribution in [3.05, 3.63) is 0 Å². The number of hydrogen-bond donors (Lipinski definition) is 3. The number of aliphatic hydroxyl groups is 2. The van der Waals surface area contributed by atoms with Crippen molar-refractivity contribution in [2.75, 3.05) is 32.7 Å². The first-order valence-corrected chi connectivity index (χ1v) is 6.24. The predicted molar refractivity (Wildman–Crippen MR) is 65.4 cm³/mol. The van der Waals surface area contributed by atoms with Crippen LogP contribution in [0.2, 0.25) is 0 Å². The largest absolute Gasteiger partial charge is 0.389 e. The Bertz CT molecular complexity index is 199. The van der Waals surface area contributed by atoms with E-state index in [4.69, 9.17) is 0 Å². The van der Waals surface area contributed by atoms with E-state index in [1.54, 1.807) is 0 Å². The topological polar surface area (TPSA) is 55.7 Å². The number of likely N-dealkylation sites (tertiary alicyclic amines) is 1. The van der Waals surface area contributed by atoms with Crippen LogP contribution in [0.5, 0.6) is 0 Å². The molecule has 3 N–H and O–H groups in total. The summed E-state index contributed by atoms with van der Waals surface area (Å²) in [7, 11) is 0. The van der Waals surface area contributed by atoms with Crippen molar-refractivity contribution in [2.45, 2.75) is 39.4 Å². The first-order chi connectivity index (χ1) is 7.44. The van der Waals surface area contributed by atoms with Crippen molar-refractivity contribution < 1.29 is 10.2 Å². The Balaban J connectivity index is 2.29. The highest BCUT2D eigenvalue weighted by Crippen LogP contribution is 2.19. The second-order valence-electron chi connectivity index (χ2n) is 5.67. The molecule has 96 valence electrons. The maximum absolute atomic E-state index is 9.47. The third-order valence-corrected chi connectivity index (χ3v) is 3.02. The molecule has 4 heteroatoms. The Labute approximate surface area is 98.6 Å². The van der Waals surface area contributed by atoms with Gasteiger partial charge in [0.25, 0.3) is 0 Å². The Kier molecular flexibility index (Phi) is 5.18. The molecule has 0 saturated carbocycles. The molecule has 0 spiro atoms. The van der Waals surface area contributed by atoms with Gasteiger partial charge in [-0.05, 0) is 18.4 Å². The molecule has 0 aromatic rings. The molecule has 1 rings (SSSR count). The molecule has 1 aliphatic rings. The quantitative estimate of drug-likeness (QED) is 0.564. The molecule has 1 fully saturated rings. The lowest BCUT2D eigenvalue weighted by atomic mass is 9.92. The monoisotopic (exact) mass is 230 g/mol. The van der Waals surface area contributed by atoms with Crippen LogP contribution >= 0.6 is 0 Å². The fourth-order valence-corrected chi connectivity index (χ4v) is 2.24. The van der Waals surface area contributed by atoms with Gasteiger partial charge in [0, 0.05) is 26.2 Å². The molecule has 16 heavy (non-hydrogen) atoms. The zero-order valence-corrected chi connectivity index (χ0v) is 10.7. The lowest BCUT2D eigenvalue weighted by Crippen LogP contribution is -2.40. The van der Waals surface area contributed by atoms with Crippen LogP contribution in [0.3, 0.4) is 0 Å². The summed E-state index contributed by atoms with van der Waals surface area (Å²) in [5.41, 5.74) is 0.180. The zero-order valence-electron chi connectivity index (χ0n) is 10.7. The lowest BCUT2D eigenvalue weighted by Gasteiger charge is -2.30. The highest BCUT2D eigenvalue weighted by atomic mass is 16.3. The van der Waals surface area contributed by atoms with Crippen LogP contribution in [-0.2, 0) is 0 Å². The van der Waals surface area contributed by atoms with Crippen LogP contribution in [0.25, 0.3) is 0 Å². The molecule has 1 saturated heterocycles. The van der Waals surface area contributed by atoms with Gasteiger partial charge in [-0.2, -0.15) is 0 Å². The molecule has 2 unspecified atom stereocenters. The second-order valence-corrected chi connectivity index (χ2v) is 5.67. The highest BCUT2D eigenvalue weighted by molar-refractivity contribution is 4.87. The summed E-state index contributed by atoms with van der Waals surface area (Å²) >= 11 is 0. The number of hydrogen-bond acceptors (Lipinski definition) is 4. The summed E-state index contributed by atoms with van der Waals surface area (Å²) in [6.07, 6.45) is 0.0100. The van der Waals surface area contributed by atoms with Gasteiger partial charge in [-0.3, -0.25) is 4.90 Å². The standard InChI is InChI=1S/C12H26N2O2/c1-4-5-13-8-12(2,3)9-14-6-10(15)11(16)7-14/h10-11,13,15-16H,4-9H2,1-3H3. The van der Waals surface area contributed by atoms with Gasteiger partial charge in [0.15, 0.2) is 0 Å². The molecular formula is C12H26N2O2. The molecule has 0 aromatic heterocycles. The van der Waals surface area contributed by atoms with Crippen LogP contribution in [-0.4, -0.2) is 60.0 Å². The molecule has 0 amide bonds. The maximum atomic E-state index is 9.47. The van der Waals surface area contributed by atoms with E-state index >= 15 is 0 Å². The van der Waals surface area contributed by atoms with E-state index in [0.29, 0.717) is 13.1 Å². The van der Waals surface area contributed by atoms with Crippen LogP contribution in [0.15, 0.2) is 0 Å². The van der Waals surface area contributed by atoms with Gasteiger partial charge in [-0.1, -0.05) is 20.8 Å². The SMILES string of the molecule is CCCNCC(C)(C)CN1CC(O)C(O)C1. The van der Waals surface area contributed by atoms with Gasteiger partial charge in [-0.25, -0.2) is 0 Å². The van der Waals surface area contributed by atoms with Crippen molar-refractivity contribution in [2.24, 2.45) is 5.41 Å². The number of β-amino-alcohol motifs (C(OH)–C–C–N with tert-alkyl or cyclic N) is 2. The molecule has 2 atom stereocenters. The van der Waals surface area contributed by atoms with Crippen molar-refractivity contribution >= 4 is 0 Å². The van der Waals surface area contributed by atoms with Crippen molar-refractivity contribution in [3.63, 3.8) is 0 Å². The van der Waals surface area contributed by atoms with Gasteiger partial charge in [0.05, 0.1) is 12.2 Å². The summed E-state index contributed by atoms with van der Waals surface area (Å²) < 4.78 is 0. The van der Waals surface area contributed by atoms with Gasteiger partial charge in [0.2, 0.25) is 0 Å². The smallest absolute Gasteiger partial charge is 0.0938 e. The summed E-state index contributed by atoms with van der Waals surface area (Å²) in [5, 5.41) is 22.4. The van der Waals surface area contributed by atoms with E-state index < -0.39 is 12.2 Å². The lowest BCUT2D eigenvalue weighted by molar-refractivity contribution is 0.0572. The van der Waals surface area contributed by atoms with Crippen LogP contribution in [0, 0.1) is 5.41 Å². The normalized spacial score (nSPS) is 27.6. The average Bonchev–Trinajstić information content (AvgIpc) is 2.44. The fourth-order valence-electron chi connectivity index (χ4n) is 2.24. The van der Waals surface area contributed by atoms with Crippen molar-refractivity contribution in [1.29, 1.82) is 0 Å². The van der Waals surface area contributed by atoms with E-state index in [2.05, 4.69) is 31.0 Å². The first kappa shape index (κ1) is 13.9. The van der Waals surface area contributed by atoms with Crippen molar-refractivity contribution in [3.8, 4) is 0 Å². The minimum absolute atomic E-state index is 0.180. The van der Waals surface area contributed by atoms with E-state index in [9.17, 15) is 10.2 Å². The second kappa shape index (κ2) is 5.96. The number of aliphatic hydroxyl groups excluding tert-OH is 2. The molecule has 0 aromatic carbocycles. The van der Waals surface area contributed by atoms with Gasteiger partial charge < -0.3 is 15.5 Å². The molecule has 0 radical (unpaired) electrons. The Morgan fingerprint density at radius 1 is 1.25 bits per heavy atom. The maximum Gasteiger partial charge on any atom is 0.0938 e. The number of nitrogens with one attached hydrogen (secondary N) is 1. The molecule has 1 aliphatic heterocycles. The number of nitrogens with zero attached hydrogens (tertiary/aromatic N) is 1. The average molecular weight is 230 g/mol. The Morgan fingerprint density at radius 2 is 1.81 bits per heavy atom. The zero-order chi connectivity index (χ0) is 12.2. The summed E-state index contributed by atoms with van der Waals surface area (Å²) in [6, 6.07) is 0. The van der Waals surface area contributed by atoms with Gasteiger partial charge in [-0.15, -0.1) is 0 Å². The first-order valence-electron chi connectivity index (χ1n) is 6.24. The minimum atomic E-state index is -0.570. The summed E-state index contributed by atoms with van der Waals surface area (Å²) in [6.45, 7) is 10.7. The van der Waals surface area contributed by atoms with E-state index in [1.165, 1.54) is 0 Å². The van der Waals surface area contributed by atoms with Crippen molar-refractivity contribution in [1.82, 2.24) is 10.2 Å². The van der Waals surface area contributed by atoms with E-state index in [0.717, 1.165) is 26.1 Å². The predicted octanol–water partition coefficient (Wildman–Crippen LogP) is 0.0496. The minimum Gasteiger partial charge on any atom is -0.389 e. The van der Waals surface area contributed by atoms with E-state index in [1.807, 2.05) is 0 Å². The summed E-state index contributed by atoms with van der Waals surface area (Å²) in [5.74, 6) is 0. The molecule has 1 heterocycles. The Hall–Kier alpha value is -0.160. The molecule has 4 nitrogen and oxygen atoms in total. The Morgan fingerprint density at radius 3 is 2.31 bits per heavy atom. The third-order valence-electron chi connectivity index (χ3n) is 3.02. The van der Waals surface area contributed by atoms with Crippen LogP contribution in [0.4, 0.5) is 0 Å². The van der Waals surface area contributed by atoms with E-state index in [-0.39, 0.29) is 5.41 Å². The fraction of sp³-hybridized carbons (Fsp3) is 1.00.